The van der Waals surface area contributed by atoms with Crippen LogP contribution >= 0.6 is 11.6 Å². The number of unbranched alkanes of at least 4 members (excludes halogenated alkanes) is 1. The lowest BCUT2D eigenvalue weighted by Gasteiger charge is -2.14. The number of benzene rings is 2. The summed E-state index contributed by atoms with van der Waals surface area (Å²) in [5.74, 6) is 0.0599. The van der Waals surface area contributed by atoms with Crippen LogP contribution in [0.1, 0.15) is 48.2 Å². The Kier molecular flexibility index (Phi) is 8.34. The van der Waals surface area contributed by atoms with Gasteiger partial charge in [-0.2, -0.15) is 13.2 Å². The Hall–Kier alpha value is -2.25. The van der Waals surface area contributed by atoms with Crippen molar-refractivity contribution in [2.45, 2.75) is 39.5 Å². The molecule has 1 N–H and O–H groups in total. The van der Waals surface area contributed by atoms with Crippen molar-refractivity contribution >= 4 is 23.2 Å². The van der Waals surface area contributed by atoms with Crippen LogP contribution in [0.25, 0.3) is 0 Å². The molecule has 29 heavy (non-hydrogen) atoms. The lowest BCUT2D eigenvalue weighted by molar-refractivity contribution is -0.137. The SMILES string of the molecule is CCCCOCc1cc(C(=O)Nc2ccc(Cl)c(C(F)(F)F)c2)ccc1OCC. The Morgan fingerprint density at radius 2 is 1.90 bits per heavy atom. The van der Waals surface area contributed by atoms with E-state index in [0.29, 0.717) is 24.5 Å². The summed E-state index contributed by atoms with van der Waals surface area (Å²) in [5.41, 5.74) is -0.0243. The van der Waals surface area contributed by atoms with Gasteiger partial charge in [0, 0.05) is 23.4 Å². The quantitative estimate of drug-likeness (QED) is 0.474. The monoisotopic (exact) mass is 429 g/mol. The van der Waals surface area contributed by atoms with Crippen LogP contribution in [-0.4, -0.2) is 19.1 Å². The van der Waals surface area contributed by atoms with Crippen LogP contribution in [-0.2, 0) is 17.5 Å². The third-order valence-corrected chi connectivity index (χ3v) is 4.38. The molecule has 0 saturated carbocycles. The van der Waals surface area contributed by atoms with Crippen LogP contribution < -0.4 is 10.1 Å². The smallest absolute Gasteiger partial charge is 0.417 e. The van der Waals surface area contributed by atoms with Gasteiger partial charge in [-0.25, -0.2) is 0 Å². The standard InChI is InChI=1S/C21H23ClF3NO3/c1-3-5-10-28-13-15-11-14(6-9-19(15)29-4-2)20(27)26-16-7-8-18(22)17(12-16)21(23,24)25/h6-9,11-12H,3-5,10,13H2,1-2H3,(H,26,27). The highest BCUT2D eigenvalue weighted by molar-refractivity contribution is 6.31. The Morgan fingerprint density at radius 1 is 1.14 bits per heavy atom. The number of anilines is 1. The minimum Gasteiger partial charge on any atom is -0.494 e. The van der Waals surface area contributed by atoms with Crippen LogP contribution in [0.15, 0.2) is 36.4 Å². The van der Waals surface area contributed by atoms with Crippen molar-refractivity contribution in [2.75, 3.05) is 18.5 Å². The minimum atomic E-state index is -4.61. The molecule has 158 valence electrons. The molecule has 0 heterocycles. The molecule has 0 aliphatic heterocycles. The number of carbonyl (C=O) groups excluding carboxylic acids is 1. The maximum absolute atomic E-state index is 13.0. The van der Waals surface area contributed by atoms with Gasteiger partial charge in [-0.1, -0.05) is 24.9 Å². The second-order valence-corrected chi connectivity index (χ2v) is 6.72. The molecule has 0 atom stereocenters. The second kappa shape index (κ2) is 10.5. The number of ether oxygens (including phenoxy) is 2. The summed E-state index contributed by atoms with van der Waals surface area (Å²) in [6.07, 6.45) is -2.69. The van der Waals surface area contributed by atoms with E-state index < -0.39 is 22.7 Å². The van der Waals surface area contributed by atoms with Gasteiger partial charge in [-0.05, 0) is 49.7 Å². The van der Waals surface area contributed by atoms with E-state index in [0.717, 1.165) is 25.0 Å². The van der Waals surface area contributed by atoms with Crippen molar-refractivity contribution in [3.8, 4) is 5.75 Å². The zero-order valence-electron chi connectivity index (χ0n) is 16.2. The molecule has 0 aliphatic rings. The average molecular weight is 430 g/mol. The molecule has 0 fully saturated rings. The van der Waals surface area contributed by atoms with E-state index >= 15 is 0 Å². The maximum Gasteiger partial charge on any atom is 0.417 e. The number of nitrogens with one attached hydrogen (secondary N) is 1. The van der Waals surface area contributed by atoms with Gasteiger partial charge in [0.05, 0.1) is 23.8 Å². The van der Waals surface area contributed by atoms with E-state index in [1.54, 1.807) is 18.2 Å². The molecule has 2 aromatic rings. The van der Waals surface area contributed by atoms with Crippen LogP contribution in [0.2, 0.25) is 5.02 Å². The number of rotatable bonds is 9. The van der Waals surface area contributed by atoms with Gasteiger partial charge in [0.25, 0.3) is 5.91 Å². The number of halogens is 4. The lowest BCUT2D eigenvalue weighted by Crippen LogP contribution is -2.14. The van der Waals surface area contributed by atoms with Gasteiger partial charge >= 0.3 is 6.18 Å². The highest BCUT2D eigenvalue weighted by Gasteiger charge is 2.33. The molecule has 0 saturated heterocycles. The van der Waals surface area contributed by atoms with Crippen LogP contribution in [0, 0.1) is 0 Å². The van der Waals surface area contributed by atoms with E-state index in [-0.39, 0.29) is 17.9 Å². The number of hydrogen-bond donors (Lipinski definition) is 1. The Labute approximate surface area is 173 Å². The predicted octanol–water partition coefficient (Wildman–Crippen LogP) is 6.33. The van der Waals surface area contributed by atoms with Crippen LogP contribution in [0.5, 0.6) is 5.75 Å². The summed E-state index contributed by atoms with van der Waals surface area (Å²) >= 11 is 5.61. The fourth-order valence-electron chi connectivity index (χ4n) is 2.58. The third kappa shape index (κ3) is 6.65. The molecule has 0 bridgehead atoms. The molecular weight excluding hydrogens is 407 g/mol. The van der Waals surface area contributed by atoms with Gasteiger partial charge in [-0.3, -0.25) is 4.79 Å². The van der Waals surface area contributed by atoms with Crippen molar-refractivity contribution in [3.63, 3.8) is 0 Å². The molecule has 8 heteroatoms. The summed E-state index contributed by atoms with van der Waals surface area (Å²) in [6.45, 7) is 5.22. The first kappa shape index (κ1) is 23.0. The number of hydrogen-bond acceptors (Lipinski definition) is 3. The van der Waals surface area contributed by atoms with Gasteiger partial charge in [0.15, 0.2) is 0 Å². The Balaban J connectivity index is 2.20. The topological polar surface area (TPSA) is 47.6 Å². The van der Waals surface area contributed by atoms with Crippen LogP contribution in [0.4, 0.5) is 18.9 Å². The summed E-state index contributed by atoms with van der Waals surface area (Å²) in [6, 6.07) is 8.05. The highest BCUT2D eigenvalue weighted by atomic mass is 35.5. The maximum atomic E-state index is 13.0. The van der Waals surface area contributed by atoms with Crippen LogP contribution in [0.3, 0.4) is 0 Å². The summed E-state index contributed by atoms with van der Waals surface area (Å²) < 4.78 is 50.2. The number of carbonyl (C=O) groups is 1. The predicted molar refractivity (Wildman–Crippen MR) is 107 cm³/mol. The number of alkyl halides is 3. The molecule has 2 aromatic carbocycles. The van der Waals surface area contributed by atoms with Gasteiger partial charge in [0.1, 0.15) is 5.75 Å². The fraction of sp³-hybridized carbons (Fsp3) is 0.381. The Morgan fingerprint density at radius 3 is 2.55 bits per heavy atom. The van der Waals surface area contributed by atoms with E-state index in [1.807, 2.05) is 6.92 Å². The number of amides is 1. The van der Waals surface area contributed by atoms with Crippen molar-refractivity contribution in [3.05, 3.63) is 58.1 Å². The molecule has 0 unspecified atom stereocenters. The third-order valence-electron chi connectivity index (χ3n) is 4.05. The van der Waals surface area contributed by atoms with Crippen molar-refractivity contribution in [1.29, 1.82) is 0 Å². The van der Waals surface area contributed by atoms with Gasteiger partial charge in [0.2, 0.25) is 0 Å². The minimum absolute atomic E-state index is 0.00126. The molecule has 0 aliphatic carbocycles. The van der Waals surface area contributed by atoms with Gasteiger partial charge in [-0.15, -0.1) is 0 Å². The normalized spacial score (nSPS) is 11.4. The first-order chi connectivity index (χ1) is 13.8. The van der Waals surface area contributed by atoms with E-state index in [9.17, 15) is 18.0 Å². The van der Waals surface area contributed by atoms with E-state index in [4.69, 9.17) is 21.1 Å². The molecule has 0 spiro atoms. The van der Waals surface area contributed by atoms with Crippen molar-refractivity contribution < 1.29 is 27.4 Å². The molecule has 4 nitrogen and oxygen atoms in total. The highest BCUT2D eigenvalue weighted by Crippen LogP contribution is 2.36. The summed E-state index contributed by atoms with van der Waals surface area (Å²) in [7, 11) is 0. The van der Waals surface area contributed by atoms with E-state index in [2.05, 4.69) is 12.2 Å². The average Bonchev–Trinajstić information content (AvgIpc) is 2.67. The van der Waals surface area contributed by atoms with Gasteiger partial charge < -0.3 is 14.8 Å². The lowest BCUT2D eigenvalue weighted by atomic mass is 10.1. The largest absolute Gasteiger partial charge is 0.494 e. The first-order valence-electron chi connectivity index (χ1n) is 9.27. The molecule has 0 aromatic heterocycles. The molecule has 2 rings (SSSR count). The fourth-order valence-corrected chi connectivity index (χ4v) is 2.81. The summed E-state index contributed by atoms with van der Waals surface area (Å²) in [5, 5.41) is 2.05. The molecule has 1 amide bonds. The summed E-state index contributed by atoms with van der Waals surface area (Å²) in [4.78, 5) is 12.6. The first-order valence-corrected chi connectivity index (χ1v) is 9.65. The zero-order chi connectivity index (χ0) is 21.4. The van der Waals surface area contributed by atoms with Crippen molar-refractivity contribution in [2.24, 2.45) is 0 Å². The van der Waals surface area contributed by atoms with E-state index in [1.165, 1.54) is 6.07 Å². The zero-order valence-corrected chi connectivity index (χ0v) is 17.0. The van der Waals surface area contributed by atoms with Crippen molar-refractivity contribution in [1.82, 2.24) is 0 Å². The molecule has 0 radical (unpaired) electrons. The second-order valence-electron chi connectivity index (χ2n) is 6.31. The molecular formula is C21H23ClF3NO3. The Bertz CT molecular complexity index is 840.